The first-order chi connectivity index (χ1) is 11.6. The van der Waals surface area contributed by atoms with Crippen LogP contribution >= 0.6 is 22.6 Å². The Kier molecular flexibility index (Phi) is 8.06. The van der Waals surface area contributed by atoms with Crippen LogP contribution in [0.2, 0.25) is 0 Å². The molecule has 0 fully saturated rings. The van der Waals surface area contributed by atoms with Gasteiger partial charge in [-0.25, -0.2) is 0 Å². The topological polar surface area (TPSA) is 12.5 Å². The third kappa shape index (κ3) is 6.10. The zero-order chi connectivity index (χ0) is 17.4. The van der Waals surface area contributed by atoms with Crippen molar-refractivity contribution >= 4 is 22.6 Å². The number of hydrogen-bond acceptors (Lipinski definition) is 2. The Morgan fingerprint density at radius 3 is 2.46 bits per heavy atom. The Balaban J connectivity index is 1.94. The zero-order valence-electron chi connectivity index (χ0n) is 15.0. The lowest BCUT2D eigenvalue weighted by atomic mass is 10.0. The highest BCUT2D eigenvalue weighted by atomic mass is 127. The first kappa shape index (κ1) is 19.3. The molecule has 0 aromatic heterocycles. The summed E-state index contributed by atoms with van der Waals surface area (Å²) in [5.41, 5.74) is 3.91. The molecule has 2 aromatic carbocycles. The van der Waals surface area contributed by atoms with E-state index in [-0.39, 0.29) is 0 Å². The molecule has 0 bridgehead atoms. The van der Waals surface area contributed by atoms with Crippen molar-refractivity contribution in [2.75, 3.05) is 24.1 Å². The lowest BCUT2D eigenvalue weighted by Gasteiger charge is -2.22. The van der Waals surface area contributed by atoms with Gasteiger partial charge in [0, 0.05) is 24.1 Å². The summed E-state index contributed by atoms with van der Waals surface area (Å²) in [6, 6.07) is 17.2. The summed E-state index contributed by atoms with van der Waals surface area (Å²) in [6.07, 6.45) is 0. The highest BCUT2D eigenvalue weighted by Crippen LogP contribution is 2.27. The van der Waals surface area contributed by atoms with Gasteiger partial charge >= 0.3 is 0 Å². The summed E-state index contributed by atoms with van der Waals surface area (Å²) >= 11 is 2.44. The van der Waals surface area contributed by atoms with Gasteiger partial charge in [0.05, 0.1) is 0 Å². The van der Waals surface area contributed by atoms with Gasteiger partial charge in [-0.05, 0) is 35.6 Å². The van der Waals surface area contributed by atoms with Crippen molar-refractivity contribution in [3.63, 3.8) is 0 Å². The van der Waals surface area contributed by atoms with E-state index < -0.39 is 0 Å². The molecule has 0 amide bonds. The molecule has 130 valence electrons. The first-order valence-electron chi connectivity index (χ1n) is 8.65. The highest BCUT2D eigenvalue weighted by molar-refractivity contribution is 14.1. The normalized spacial score (nSPS) is 11.2. The lowest BCUT2D eigenvalue weighted by molar-refractivity contribution is 0.210. The van der Waals surface area contributed by atoms with Crippen LogP contribution in [0.3, 0.4) is 0 Å². The van der Waals surface area contributed by atoms with Crippen LogP contribution in [-0.2, 0) is 6.54 Å². The molecule has 2 nitrogen and oxygen atoms in total. The second-order valence-electron chi connectivity index (χ2n) is 6.50. The number of rotatable bonds is 9. The number of ether oxygens (including phenoxy) is 1. The number of nitrogens with zero attached hydrogens (tertiary/aromatic N) is 1. The van der Waals surface area contributed by atoms with Gasteiger partial charge in [-0.15, -0.1) is 0 Å². The van der Waals surface area contributed by atoms with E-state index in [9.17, 15) is 0 Å². The second kappa shape index (κ2) is 10.0. The van der Waals surface area contributed by atoms with Gasteiger partial charge in [0.1, 0.15) is 12.4 Å². The molecule has 0 saturated carbocycles. The van der Waals surface area contributed by atoms with Crippen LogP contribution < -0.4 is 4.74 Å². The summed E-state index contributed by atoms with van der Waals surface area (Å²) in [4.78, 5) is 2.46. The number of alkyl halides is 1. The van der Waals surface area contributed by atoms with Crippen LogP contribution in [0.25, 0.3) is 0 Å². The molecule has 0 aliphatic rings. The Bertz CT molecular complexity index is 612. The average Bonchev–Trinajstić information content (AvgIpc) is 2.56. The van der Waals surface area contributed by atoms with Crippen LogP contribution in [0.1, 0.15) is 36.5 Å². The quantitative estimate of drug-likeness (QED) is 0.383. The van der Waals surface area contributed by atoms with E-state index in [1.54, 1.807) is 0 Å². The van der Waals surface area contributed by atoms with Crippen molar-refractivity contribution in [3.05, 3.63) is 65.2 Å². The number of aryl methyl sites for hydroxylation is 1. The SMILES string of the molecule is Cc1ccc(C(C)C)c(OCCN(CCI)Cc2ccccc2)c1. The van der Waals surface area contributed by atoms with Gasteiger partial charge in [0.25, 0.3) is 0 Å². The van der Waals surface area contributed by atoms with Crippen LogP contribution in [0.5, 0.6) is 5.75 Å². The molecule has 0 radical (unpaired) electrons. The standard InChI is InChI=1S/C21H28INO/c1-17(2)20-10-9-18(3)15-21(20)24-14-13-23(12-11-22)16-19-7-5-4-6-8-19/h4-10,15,17H,11-14,16H2,1-3H3. The number of halogens is 1. The average molecular weight is 437 g/mol. The molecule has 0 spiro atoms. The predicted octanol–water partition coefficient (Wildman–Crippen LogP) is 5.43. The fourth-order valence-corrected chi connectivity index (χ4v) is 3.44. The van der Waals surface area contributed by atoms with E-state index in [1.807, 2.05) is 0 Å². The van der Waals surface area contributed by atoms with E-state index in [1.165, 1.54) is 16.7 Å². The molecular weight excluding hydrogens is 409 g/mol. The van der Waals surface area contributed by atoms with E-state index >= 15 is 0 Å². The maximum Gasteiger partial charge on any atom is 0.123 e. The third-order valence-corrected chi connectivity index (χ3v) is 4.59. The Labute approximate surface area is 160 Å². The summed E-state index contributed by atoms with van der Waals surface area (Å²) in [7, 11) is 0. The molecule has 2 rings (SSSR count). The van der Waals surface area contributed by atoms with E-state index in [0.717, 1.165) is 36.4 Å². The van der Waals surface area contributed by atoms with Crippen molar-refractivity contribution in [1.29, 1.82) is 0 Å². The van der Waals surface area contributed by atoms with Crippen LogP contribution in [0, 0.1) is 6.92 Å². The number of benzene rings is 2. The van der Waals surface area contributed by atoms with Gasteiger partial charge in [-0.1, -0.05) is 78.9 Å². The number of hydrogen-bond donors (Lipinski definition) is 0. The molecule has 0 aliphatic heterocycles. The van der Waals surface area contributed by atoms with Crippen molar-refractivity contribution < 1.29 is 4.74 Å². The van der Waals surface area contributed by atoms with Gasteiger partial charge < -0.3 is 4.74 Å². The lowest BCUT2D eigenvalue weighted by Crippen LogP contribution is -2.30. The predicted molar refractivity (Wildman–Crippen MR) is 111 cm³/mol. The van der Waals surface area contributed by atoms with Gasteiger partial charge in [-0.2, -0.15) is 0 Å². The van der Waals surface area contributed by atoms with Gasteiger partial charge in [0.2, 0.25) is 0 Å². The van der Waals surface area contributed by atoms with Crippen LogP contribution in [-0.4, -0.2) is 29.0 Å². The van der Waals surface area contributed by atoms with Crippen LogP contribution in [0.15, 0.2) is 48.5 Å². The molecule has 0 heterocycles. The maximum atomic E-state index is 6.15. The van der Waals surface area contributed by atoms with E-state index in [4.69, 9.17) is 4.74 Å². The zero-order valence-corrected chi connectivity index (χ0v) is 17.1. The largest absolute Gasteiger partial charge is 0.492 e. The second-order valence-corrected chi connectivity index (χ2v) is 7.57. The smallest absolute Gasteiger partial charge is 0.123 e. The minimum absolute atomic E-state index is 0.482. The molecular formula is C21H28INO. The summed E-state index contributed by atoms with van der Waals surface area (Å²) < 4.78 is 7.28. The molecule has 0 N–H and O–H groups in total. The van der Waals surface area contributed by atoms with Crippen molar-refractivity contribution in [2.45, 2.75) is 33.2 Å². The van der Waals surface area contributed by atoms with Crippen LogP contribution in [0.4, 0.5) is 0 Å². The molecule has 24 heavy (non-hydrogen) atoms. The van der Waals surface area contributed by atoms with Gasteiger partial charge in [-0.3, -0.25) is 4.90 Å². The molecule has 0 aliphatic carbocycles. The van der Waals surface area contributed by atoms with E-state index in [0.29, 0.717) is 5.92 Å². The Morgan fingerprint density at radius 2 is 1.79 bits per heavy atom. The van der Waals surface area contributed by atoms with Gasteiger partial charge in [0.15, 0.2) is 0 Å². The summed E-state index contributed by atoms with van der Waals surface area (Å²) in [5.74, 6) is 1.52. The molecule has 0 saturated heterocycles. The minimum Gasteiger partial charge on any atom is -0.492 e. The molecule has 0 unspecified atom stereocenters. The van der Waals surface area contributed by atoms with Crippen molar-refractivity contribution in [2.24, 2.45) is 0 Å². The maximum absolute atomic E-state index is 6.15. The van der Waals surface area contributed by atoms with Crippen molar-refractivity contribution in [1.82, 2.24) is 4.90 Å². The first-order valence-corrected chi connectivity index (χ1v) is 10.2. The van der Waals surface area contributed by atoms with E-state index in [2.05, 4.69) is 96.8 Å². The summed E-state index contributed by atoms with van der Waals surface area (Å²) in [5, 5.41) is 0. The Morgan fingerprint density at radius 1 is 1.04 bits per heavy atom. The summed E-state index contributed by atoms with van der Waals surface area (Å²) in [6.45, 7) is 10.3. The minimum atomic E-state index is 0.482. The Hall–Kier alpha value is -1.07. The monoisotopic (exact) mass is 437 g/mol. The molecule has 2 aromatic rings. The fourth-order valence-electron chi connectivity index (χ4n) is 2.76. The third-order valence-electron chi connectivity index (χ3n) is 4.11. The molecule has 0 atom stereocenters. The fraction of sp³-hybridized carbons (Fsp3) is 0.429. The van der Waals surface area contributed by atoms with Crippen molar-refractivity contribution in [3.8, 4) is 5.75 Å². The molecule has 3 heteroatoms. The highest BCUT2D eigenvalue weighted by Gasteiger charge is 2.10.